The van der Waals surface area contributed by atoms with Crippen LogP contribution in [-0.4, -0.2) is 29.1 Å². The number of ether oxygens (including phenoxy) is 1. The van der Waals surface area contributed by atoms with Crippen LogP contribution in [0.4, 0.5) is 5.00 Å². The zero-order valence-corrected chi connectivity index (χ0v) is 18.9. The molecule has 1 aromatic carbocycles. The third-order valence-electron chi connectivity index (χ3n) is 5.33. The lowest BCUT2D eigenvalue weighted by Crippen LogP contribution is -2.34. The molecule has 3 rings (SSSR count). The molecular formula is C24H27NO5S. The molecule has 0 saturated heterocycles. The number of amides is 1. The van der Waals surface area contributed by atoms with Gasteiger partial charge in [0.05, 0.1) is 17.9 Å². The summed E-state index contributed by atoms with van der Waals surface area (Å²) in [5, 5.41) is 14.5. The first-order valence-corrected chi connectivity index (χ1v) is 11.2. The predicted molar refractivity (Wildman–Crippen MR) is 121 cm³/mol. The number of allylic oxidation sites excluding steroid dienone is 2. The number of nitrogens with one attached hydrogen (secondary N) is 1. The average molecular weight is 442 g/mol. The van der Waals surface area contributed by atoms with Gasteiger partial charge in [0.2, 0.25) is 5.91 Å². The summed E-state index contributed by atoms with van der Waals surface area (Å²) >= 11 is 1.24. The van der Waals surface area contributed by atoms with E-state index in [-0.39, 0.29) is 6.10 Å². The number of thiophene rings is 1. The van der Waals surface area contributed by atoms with Crippen LogP contribution in [0, 0.1) is 25.7 Å². The van der Waals surface area contributed by atoms with Gasteiger partial charge in [0.1, 0.15) is 10.6 Å². The molecule has 1 aliphatic carbocycles. The van der Waals surface area contributed by atoms with E-state index < -0.39 is 29.7 Å². The summed E-state index contributed by atoms with van der Waals surface area (Å²) in [6, 6.07) is 5.97. The summed E-state index contributed by atoms with van der Waals surface area (Å²) in [6.45, 7) is 7.51. The third kappa shape index (κ3) is 5.05. The van der Waals surface area contributed by atoms with Gasteiger partial charge in [-0.3, -0.25) is 9.59 Å². The molecule has 2 atom stereocenters. The lowest BCUT2D eigenvalue weighted by atomic mass is 9.82. The number of benzene rings is 1. The molecule has 2 N–H and O–H groups in total. The summed E-state index contributed by atoms with van der Waals surface area (Å²) in [5.41, 5.74) is 4.01. The van der Waals surface area contributed by atoms with Crippen LogP contribution in [0.25, 0.3) is 11.1 Å². The Balaban J connectivity index is 1.99. The van der Waals surface area contributed by atoms with E-state index in [1.165, 1.54) is 11.3 Å². The van der Waals surface area contributed by atoms with Gasteiger partial charge in [-0.25, -0.2) is 4.79 Å². The Morgan fingerprint density at radius 2 is 1.77 bits per heavy atom. The molecular weight excluding hydrogens is 414 g/mol. The highest BCUT2D eigenvalue weighted by atomic mass is 32.1. The average Bonchev–Trinajstić information content (AvgIpc) is 3.10. The van der Waals surface area contributed by atoms with Gasteiger partial charge in [-0.15, -0.1) is 11.3 Å². The SMILES string of the molecule is Cc1ccc(-c2csc(NC(=O)[C@H]3CC=CC[C@@H]3C(=O)O)c2C(=O)OC(C)C)c(C)c1. The number of carboxylic acids is 1. The topological polar surface area (TPSA) is 92.7 Å². The van der Waals surface area contributed by atoms with Crippen molar-refractivity contribution in [2.45, 2.75) is 46.6 Å². The summed E-state index contributed by atoms with van der Waals surface area (Å²) in [4.78, 5) is 37.5. The number of carbonyl (C=O) groups excluding carboxylic acids is 2. The van der Waals surface area contributed by atoms with E-state index in [4.69, 9.17) is 4.74 Å². The minimum atomic E-state index is -0.994. The molecule has 0 saturated carbocycles. The molecule has 1 amide bonds. The molecule has 2 aromatic rings. The monoisotopic (exact) mass is 441 g/mol. The van der Waals surface area contributed by atoms with Gasteiger partial charge in [-0.05, 0) is 51.7 Å². The van der Waals surface area contributed by atoms with Gasteiger partial charge in [-0.1, -0.05) is 35.9 Å². The zero-order chi connectivity index (χ0) is 22.7. The fraction of sp³-hybridized carbons (Fsp3) is 0.375. The number of hydrogen-bond acceptors (Lipinski definition) is 5. The molecule has 0 aliphatic heterocycles. The van der Waals surface area contributed by atoms with Crippen LogP contribution >= 0.6 is 11.3 Å². The standard InChI is InChI=1S/C24H27NO5S/c1-13(2)30-24(29)20-19(16-10-9-14(3)11-15(16)4)12-31-22(20)25-21(26)17-7-5-6-8-18(17)23(27)28/h5-6,9-13,17-18H,7-8H2,1-4H3,(H,25,26)(H,27,28)/t17-,18-/m0/s1. The van der Waals surface area contributed by atoms with Gasteiger partial charge < -0.3 is 15.2 Å². The maximum absolute atomic E-state index is 13.0. The number of hydrogen-bond donors (Lipinski definition) is 2. The van der Waals surface area contributed by atoms with Crippen LogP contribution in [-0.2, 0) is 14.3 Å². The van der Waals surface area contributed by atoms with Crippen molar-refractivity contribution >= 4 is 34.2 Å². The minimum absolute atomic E-state index is 0.303. The number of carboxylic acid groups (broad SMARTS) is 1. The third-order valence-corrected chi connectivity index (χ3v) is 6.23. The highest BCUT2D eigenvalue weighted by Crippen LogP contribution is 2.39. The van der Waals surface area contributed by atoms with Gasteiger partial charge in [-0.2, -0.15) is 0 Å². The Hall–Kier alpha value is -2.93. The van der Waals surface area contributed by atoms with Gasteiger partial charge in [0.15, 0.2) is 0 Å². The van der Waals surface area contributed by atoms with E-state index >= 15 is 0 Å². The van der Waals surface area contributed by atoms with E-state index in [0.29, 0.717) is 29.0 Å². The van der Waals surface area contributed by atoms with Crippen molar-refractivity contribution in [3.05, 3.63) is 52.4 Å². The number of carbonyl (C=O) groups is 3. The van der Waals surface area contributed by atoms with Crippen LogP contribution in [0.15, 0.2) is 35.7 Å². The van der Waals surface area contributed by atoms with Crippen molar-refractivity contribution in [3.8, 4) is 11.1 Å². The fourth-order valence-electron chi connectivity index (χ4n) is 3.82. The van der Waals surface area contributed by atoms with E-state index in [1.807, 2.05) is 43.5 Å². The Morgan fingerprint density at radius 1 is 1.10 bits per heavy atom. The molecule has 1 heterocycles. The van der Waals surface area contributed by atoms with Gasteiger partial charge in [0, 0.05) is 10.9 Å². The van der Waals surface area contributed by atoms with Crippen molar-refractivity contribution < 1.29 is 24.2 Å². The highest BCUT2D eigenvalue weighted by Gasteiger charge is 2.35. The predicted octanol–water partition coefficient (Wildman–Crippen LogP) is 5.20. The molecule has 1 aromatic heterocycles. The second kappa shape index (κ2) is 9.47. The maximum Gasteiger partial charge on any atom is 0.342 e. The Morgan fingerprint density at radius 3 is 2.39 bits per heavy atom. The number of aryl methyl sites for hydroxylation is 2. The molecule has 7 heteroatoms. The van der Waals surface area contributed by atoms with Crippen molar-refractivity contribution in [2.75, 3.05) is 5.32 Å². The van der Waals surface area contributed by atoms with Crippen molar-refractivity contribution in [1.29, 1.82) is 0 Å². The molecule has 1 aliphatic rings. The van der Waals surface area contributed by atoms with Crippen LogP contribution in [0.1, 0.15) is 48.2 Å². The van der Waals surface area contributed by atoms with Crippen LogP contribution < -0.4 is 5.32 Å². The quantitative estimate of drug-likeness (QED) is 0.475. The molecule has 0 fully saturated rings. The lowest BCUT2D eigenvalue weighted by Gasteiger charge is -2.24. The fourth-order valence-corrected chi connectivity index (χ4v) is 4.77. The number of anilines is 1. The van der Waals surface area contributed by atoms with E-state index in [2.05, 4.69) is 5.32 Å². The lowest BCUT2D eigenvalue weighted by molar-refractivity contribution is -0.146. The van der Waals surface area contributed by atoms with Crippen LogP contribution in [0.5, 0.6) is 0 Å². The normalized spacial score (nSPS) is 18.1. The molecule has 0 spiro atoms. The Bertz CT molecular complexity index is 1040. The first-order valence-electron chi connectivity index (χ1n) is 10.3. The van der Waals surface area contributed by atoms with Gasteiger partial charge >= 0.3 is 11.9 Å². The second-order valence-corrected chi connectivity index (χ2v) is 8.99. The first-order chi connectivity index (χ1) is 14.7. The number of aliphatic carboxylic acids is 1. The summed E-state index contributed by atoms with van der Waals surface area (Å²) < 4.78 is 5.46. The maximum atomic E-state index is 13.0. The van der Waals surface area contributed by atoms with E-state index in [9.17, 15) is 19.5 Å². The molecule has 31 heavy (non-hydrogen) atoms. The number of esters is 1. The van der Waals surface area contributed by atoms with Crippen molar-refractivity contribution in [2.24, 2.45) is 11.8 Å². The summed E-state index contributed by atoms with van der Waals surface area (Å²) in [7, 11) is 0. The zero-order valence-electron chi connectivity index (χ0n) is 18.1. The Labute approximate surface area is 185 Å². The van der Waals surface area contributed by atoms with Gasteiger partial charge in [0.25, 0.3) is 0 Å². The van der Waals surface area contributed by atoms with Crippen LogP contribution in [0.2, 0.25) is 0 Å². The van der Waals surface area contributed by atoms with Crippen molar-refractivity contribution in [3.63, 3.8) is 0 Å². The largest absolute Gasteiger partial charge is 0.481 e. The minimum Gasteiger partial charge on any atom is -0.481 e. The smallest absolute Gasteiger partial charge is 0.342 e. The molecule has 0 unspecified atom stereocenters. The second-order valence-electron chi connectivity index (χ2n) is 8.11. The summed E-state index contributed by atoms with van der Waals surface area (Å²) in [5.74, 6) is -3.38. The first kappa shape index (κ1) is 22.7. The molecule has 0 bridgehead atoms. The van der Waals surface area contributed by atoms with Crippen LogP contribution in [0.3, 0.4) is 0 Å². The molecule has 0 radical (unpaired) electrons. The molecule has 164 valence electrons. The van der Waals surface area contributed by atoms with E-state index in [1.54, 1.807) is 19.9 Å². The Kier molecular flexibility index (Phi) is 6.95. The van der Waals surface area contributed by atoms with E-state index in [0.717, 1.165) is 16.7 Å². The molecule has 6 nitrogen and oxygen atoms in total. The summed E-state index contributed by atoms with van der Waals surface area (Å²) in [6.07, 6.45) is 3.96. The highest BCUT2D eigenvalue weighted by molar-refractivity contribution is 7.15. The van der Waals surface area contributed by atoms with Crippen molar-refractivity contribution in [1.82, 2.24) is 0 Å². The number of rotatable bonds is 6.